The van der Waals surface area contributed by atoms with Crippen molar-refractivity contribution in [3.05, 3.63) is 26.4 Å². The summed E-state index contributed by atoms with van der Waals surface area (Å²) in [6.45, 7) is 2.37. The summed E-state index contributed by atoms with van der Waals surface area (Å²) in [6, 6.07) is -0.0253. The molecule has 0 spiro atoms. The second kappa shape index (κ2) is 3.99. The minimum absolute atomic E-state index is 0.0251. The summed E-state index contributed by atoms with van der Waals surface area (Å²) >= 11 is 1.96. The van der Waals surface area contributed by atoms with E-state index in [1.54, 1.807) is 6.20 Å². The first-order valence-electron chi connectivity index (χ1n) is 3.57. The van der Waals surface area contributed by atoms with Gasteiger partial charge < -0.3 is 5.73 Å². The predicted octanol–water partition coefficient (Wildman–Crippen LogP) is 0.195. The van der Waals surface area contributed by atoms with Gasteiger partial charge in [-0.3, -0.25) is 9.36 Å². The molecular weight excluding hydrogens is 269 g/mol. The van der Waals surface area contributed by atoms with E-state index in [1.807, 2.05) is 29.5 Å². The average molecular weight is 279 g/mol. The molecule has 1 rings (SSSR count). The van der Waals surface area contributed by atoms with E-state index in [9.17, 15) is 4.79 Å². The standard InChI is InChI=1S/C7H10IN3O/c1-5(9)3-11-4-10-2-6(8)7(11)12/h2,4-5H,3,9H2,1H3. The molecule has 0 saturated carbocycles. The van der Waals surface area contributed by atoms with Crippen molar-refractivity contribution in [2.24, 2.45) is 5.73 Å². The molecule has 0 saturated heterocycles. The summed E-state index contributed by atoms with van der Waals surface area (Å²) in [6.07, 6.45) is 3.05. The van der Waals surface area contributed by atoms with Crippen LogP contribution in [0.5, 0.6) is 0 Å². The van der Waals surface area contributed by atoms with Crippen LogP contribution in [0.3, 0.4) is 0 Å². The number of nitrogens with zero attached hydrogens (tertiary/aromatic N) is 2. The number of hydrogen-bond donors (Lipinski definition) is 1. The van der Waals surface area contributed by atoms with E-state index >= 15 is 0 Å². The molecule has 0 amide bonds. The molecule has 5 heteroatoms. The highest BCUT2D eigenvalue weighted by atomic mass is 127. The molecule has 0 bridgehead atoms. The van der Waals surface area contributed by atoms with Crippen molar-refractivity contribution in [3.63, 3.8) is 0 Å². The number of rotatable bonds is 2. The first kappa shape index (κ1) is 9.66. The van der Waals surface area contributed by atoms with Crippen LogP contribution in [0.25, 0.3) is 0 Å². The molecular formula is C7H10IN3O. The van der Waals surface area contributed by atoms with E-state index in [2.05, 4.69) is 4.98 Å². The quantitative estimate of drug-likeness (QED) is 0.786. The minimum Gasteiger partial charge on any atom is -0.326 e. The zero-order valence-electron chi connectivity index (χ0n) is 6.70. The highest BCUT2D eigenvalue weighted by molar-refractivity contribution is 14.1. The maximum Gasteiger partial charge on any atom is 0.266 e. The molecule has 66 valence electrons. The van der Waals surface area contributed by atoms with E-state index in [-0.39, 0.29) is 11.6 Å². The van der Waals surface area contributed by atoms with Crippen molar-refractivity contribution in [1.82, 2.24) is 9.55 Å². The average Bonchev–Trinajstić information content (AvgIpc) is 1.98. The summed E-state index contributed by atoms with van der Waals surface area (Å²) in [5, 5.41) is 0. The highest BCUT2D eigenvalue weighted by Crippen LogP contribution is 1.93. The molecule has 1 heterocycles. The fourth-order valence-corrected chi connectivity index (χ4v) is 1.34. The van der Waals surface area contributed by atoms with E-state index in [0.29, 0.717) is 10.1 Å². The molecule has 0 aliphatic heterocycles. The third-order valence-corrected chi connectivity index (χ3v) is 2.08. The Balaban J connectivity index is 3.01. The largest absolute Gasteiger partial charge is 0.326 e. The maximum atomic E-state index is 11.4. The lowest BCUT2D eigenvalue weighted by Gasteiger charge is -2.07. The molecule has 1 aromatic rings. The fourth-order valence-electron chi connectivity index (χ4n) is 0.864. The zero-order valence-corrected chi connectivity index (χ0v) is 8.85. The first-order chi connectivity index (χ1) is 5.61. The maximum absolute atomic E-state index is 11.4. The lowest BCUT2D eigenvalue weighted by Crippen LogP contribution is -2.30. The van der Waals surface area contributed by atoms with Crippen LogP contribution < -0.4 is 11.3 Å². The molecule has 0 aliphatic carbocycles. The van der Waals surface area contributed by atoms with Gasteiger partial charge in [0.1, 0.15) is 0 Å². The Bertz CT molecular complexity index is 321. The summed E-state index contributed by atoms with van der Waals surface area (Å²) in [4.78, 5) is 15.3. The van der Waals surface area contributed by atoms with Crippen LogP contribution in [0.2, 0.25) is 0 Å². The lowest BCUT2D eigenvalue weighted by atomic mass is 10.3. The summed E-state index contributed by atoms with van der Waals surface area (Å²) in [7, 11) is 0. The van der Waals surface area contributed by atoms with Gasteiger partial charge in [0.15, 0.2) is 0 Å². The van der Waals surface area contributed by atoms with Gasteiger partial charge in [0.2, 0.25) is 0 Å². The van der Waals surface area contributed by atoms with Crippen LogP contribution in [0.1, 0.15) is 6.92 Å². The normalized spacial score (nSPS) is 12.9. The van der Waals surface area contributed by atoms with Gasteiger partial charge in [-0.1, -0.05) is 0 Å². The van der Waals surface area contributed by atoms with Crippen LogP contribution in [0, 0.1) is 3.57 Å². The van der Waals surface area contributed by atoms with Crippen LogP contribution >= 0.6 is 22.6 Å². The topological polar surface area (TPSA) is 60.9 Å². The lowest BCUT2D eigenvalue weighted by molar-refractivity contribution is 0.564. The highest BCUT2D eigenvalue weighted by Gasteiger charge is 2.01. The Morgan fingerprint density at radius 2 is 2.50 bits per heavy atom. The number of hydrogen-bond acceptors (Lipinski definition) is 3. The van der Waals surface area contributed by atoms with Crippen molar-refractivity contribution in [3.8, 4) is 0 Å². The van der Waals surface area contributed by atoms with Crippen molar-refractivity contribution >= 4 is 22.6 Å². The minimum atomic E-state index is -0.0253. The van der Waals surface area contributed by atoms with Crippen molar-refractivity contribution < 1.29 is 0 Å². The first-order valence-corrected chi connectivity index (χ1v) is 4.64. The van der Waals surface area contributed by atoms with E-state index in [0.717, 1.165) is 0 Å². The number of nitrogens with two attached hydrogens (primary N) is 1. The second-order valence-electron chi connectivity index (χ2n) is 2.68. The molecule has 1 atom stereocenters. The zero-order chi connectivity index (χ0) is 9.14. The van der Waals surface area contributed by atoms with E-state index in [4.69, 9.17) is 5.73 Å². The van der Waals surface area contributed by atoms with Crippen LogP contribution in [-0.2, 0) is 6.54 Å². The van der Waals surface area contributed by atoms with Gasteiger partial charge in [0, 0.05) is 18.8 Å². The van der Waals surface area contributed by atoms with E-state index in [1.165, 1.54) is 10.9 Å². The van der Waals surface area contributed by atoms with Gasteiger partial charge in [-0.05, 0) is 29.5 Å². The number of aromatic nitrogens is 2. The molecule has 0 radical (unpaired) electrons. The predicted molar refractivity (Wildman–Crippen MR) is 54.9 cm³/mol. The Labute approximate surface area is 83.9 Å². The Kier molecular flexibility index (Phi) is 3.21. The second-order valence-corrected chi connectivity index (χ2v) is 3.84. The molecule has 1 unspecified atom stereocenters. The van der Waals surface area contributed by atoms with E-state index < -0.39 is 0 Å². The van der Waals surface area contributed by atoms with Crippen molar-refractivity contribution in [1.29, 1.82) is 0 Å². The SMILES string of the molecule is CC(N)Cn1cncc(I)c1=O. The van der Waals surface area contributed by atoms with Gasteiger partial charge in [-0.25, -0.2) is 4.98 Å². The van der Waals surface area contributed by atoms with Crippen LogP contribution in [0.15, 0.2) is 17.3 Å². The van der Waals surface area contributed by atoms with Crippen LogP contribution in [0.4, 0.5) is 0 Å². The molecule has 1 aromatic heterocycles. The third-order valence-electron chi connectivity index (χ3n) is 1.34. The molecule has 0 aromatic carbocycles. The van der Waals surface area contributed by atoms with Crippen LogP contribution in [-0.4, -0.2) is 15.6 Å². The summed E-state index contributed by atoms with van der Waals surface area (Å²) in [5.74, 6) is 0. The molecule has 12 heavy (non-hydrogen) atoms. The summed E-state index contributed by atoms with van der Waals surface area (Å²) in [5.41, 5.74) is 5.53. The monoisotopic (exact) mass is 279 g/mol. The van der Waals surface area contributed by atoms with Crippen molar-refractivity contribution in [2.75, 3.05) is 0 Å². The Morgan fingerprint density at radius 1 is 1.83 bits per heavy atom. The molecule has 4 nitrogen and oxygen atoms in total. The summed E-state index contributed by atoms with van der Waals surface area (Å²) < 4.78 is 2.14. The molecule has 0 aliphatic rings. The Morgan fingerprint density at radius 3 is 3.08 bits per heavy atom. The van der Waals surface area contributed by atoms with Gasteiger partial charge in [-0.15, -0.1) is 0 Å². The molecule has 0 fully saturated rings. The smallest absolute Gasteiger partial charge is 0.266 e. The fraction of sp³-hybridized carbons (Fsp3) is 0.429. The molecule has 2 N–H and O–H groups in total. The van der Waals surface area contributed by atoms with Gasteiger partial charge in [0.05, 0.1) is 9.90 Å². The number of halogens is 1. The van der Waals surface area contributed by atoms with Gasteiger partial charge in [0.25, 0.3) is 5.56 Å². The third kappa shape index (κ3) is 2.28. The van der Waals surface area contributed by atoms with Gasteiger partial charge >= 0.3 is 0 Å². The van der Waals surface area contributed by atoms with Gasteiger partial charge in [-0.2, -0.15) is 0 Å². The van der Waals surface area contributed by atoms with Crippen molar-refractivity contribution in [2.45, 2.75) is 19.5 Å². The Hall–Kier alpha value is -0.430.